The minimum absolute atomic E-state index is 0.0152. The number of aliphatic hydroxyl groups is 1. The number of imidazole rings is 1. The van der Waals surface area contributed by atoms with Gasteiger partial charge in [0.05, 0.1) is 25.6 Å². The fourth-order valence-electron chi connectivity index (χ4n) is 5.02. The predicted molar refractivity (Wildman–Crippen MR) is 146 cm³/mol. The molecule has 1 aliphatic carbocycles. The van der Waals surface area contributed by atoms with Gasteiger partial charge < -0.3 is 24.8 Å². The first-order valence-corrected chi connectivity index (χ1v) is 17.7. The van der Waals surface area contributed by atoms with Gasteiger partial charge in [-0.2, -0.15) is 4.98 Å². The van der Waals surface area contributed by atoms with Crippen LogP contribution in [0.1, 0.15) is 19.1 Å². The van der Waals surface area contributed by atoms with E-state index in [9.17, 15) is 19.0 Å². The molecule has 3 aromatic heterocycles. The lowest BCUT2D eigenvalue weighted by Gasteiger charge is -2.26. The zero-order valence-electron chi connectivity index (χ0n) is 20.9. The van der Waals surface area contributed by atoms with Gasteiger partial charge in [-0.25, -0.2) is 24.1 Å². The van der Waals surface area contributed by atoms with Crippen LogP contribution in [0.2, 0.25) is 0 Å². The van der Waals surface area contributed by atoms with Crippen LogP contribution in [0.25, 0.3) is 11.2 Å². The third kappa shape index (κ3) is 6.20. The fraction of sp³-hybridized carbons (Fsp3) is 0.550. The quantitative estimate of drug-likeness (QED) is 0.200. The van der Waals surface area contributed by atoms with E-state index in [1.54, 1.807) is 6.07 Å². The average Bonchev–Trinajstić information content (AvgIpc) is 3.57. The molecule has 0 amide bonds. The molecule has 17 nitrogen and oxygen atoms in total. The van der Waals surface area contributed by atoms with Crippen LogP contribution in [-0.2, 0) is 32.0 Å². The van der Waals surface area contributed by atoms with Crippen molar-refractivity contribution in [2.75, 3.05) is 18.9 Å². The van der Waals surface area contributed by atoms with Crippen LogP contribution >= 0.6 is 38.1 Å². The number of aliphatic hydroxyl groups excluding tert-OH is 1. The summed E-state index contributed by atoms with van der Waals surface area (Å²) in [6.45, 7) is -8.81. The molecule has 0 radical (unpaired) electrons. The van der Waals surface area contributed by atoms with Gasteiger partial charge in [0.2, 0.25) is 11.8 Å². The van der Waals surface area contributed by atoms with Crippen molar-refractivity contribution in [1.29, 1.82) is 0 Å². The normalized spacial score (nSPS) is 38.1. The van der Waals surface area contributed by atoms with E-state index in [1.165, 1.54) is 23.4 Å². The first-order valence-electron chi connectivity index (χ1n) is 12.3. The Kier molecular flexibility index (Phi) is 7.95. The summed E-state index contributed by atoms with van der Waals surface area (Å²) in [6, 6.07) is 1.59. The molecule has 3 fully saturated rings. The highest BCUT2D eigenvalue weighted by Crippen LogP contribution is 2.60. The summed E-state index contributed by atoms with van der Waals surface area (Å²) in [6.07, 6.45) is -1.67. The number of ether oxygens (including phenoxy) is 2. The average molecular weight is 650 g/mol. The van der Waals surface area contributed by atoms with Crippen LogP contribution < -0.4 is 16.0 Å². The maximum Gasteiger partial charge on any atom is 0.386 e. The molecule has 6 rings (SSSR count). The highest BCUT2D eigenvalue weighted by atomic mass is 32.7. The molecule has 9 atom stereocenters. The van der Waals surface area contributed by atoms with Crippen LogP contribution in [0.4, 0.5) is 5.95 Å². The maximum absolute atomic E-state index is 13.4. The Morgan fingerprint density at radius 1 is 1.12 bits per heavy atom. The number of aromatic nitrogens is 6. The Hall–Kier alpha value is -2.05. The van der Waals surface area contributed by atoms with Gasteiger partial charge in [-0.15, -0.1) is 0 Å². The van der Waals surface area contributed by atoms with E-state index < -0.39 is 68.4 Å². The molecule has 3 aliphatic rings. The number of thiol groups is 2. The molecule has 0 spiro atoms. The van der Waals surface area contributed by atoms with Gasteiger partial charge in [-0.05, 0) is 6.42 Å². The molecule has 0 aromatic carbocycles. The smallest absolute Gasteiger partial charge is 0.386 e. The van der Waals surface area contributed by atoms with Gasteiger partial charge in [0, 0.05) is 24.6 Å². The lowest BCUT2D eigenvalue weighted by molar-refractivity contribution is -0.0487. The van der Waals surface area contributed by atoms with Crippen molar-refractivity contribution in [1.82, 2.24) is 29.5 Å². The molecule has 2 bridgehead atoms. The second kappa shape index (κ2) is 11.2. The van der Waals surface area contributed by atoms with Crippen molar-refractivity contribution in [2.45, 2.75) is 49.6 Å². The lowest BCUT2D eigenvalue weighted by Crippen LogP contribution is -2.35. The predicted octanol–water partition coefficient (Wildman–Crippen LogP) is 1.50. The van der Waals surface area contributed by atoms with Crippen molar-refractivity contribution in [3.05, 3.63) is 35.3 Å². The number of aromatic amines is 1. The summed E-state index contributed by atoms with van der Waals surface area (Å²) in [4.78, 5) is 30.7. The molecular weight excluding hydrogens is 624 g/mol. The van der Waals surface area contributed by atoms with E-state index in [1.807, 2.05) is 0 Å². The highest BCUT2D eigenvalue weighted by Gasteiger charge is 2.51. The summed E-state index contributed by atoms with van der Waals surface area (Å²) < 4.78 is 62.4. The molecule has 2 saturated heterocycles. The Morgan fingerprint density at radius 3 is 2.68 bits per heavy atom. The van der Waals surface area contributed by atoms with Crippen molar-refractivity contribution in [3.63, 3.8) is 0 Å². The number of fused-ring (bicyclic) bond motifs is 4. The topological polar surface area (TPSA) is 225 Å². The number of hydrogen-bond acceptors (Lipinski definition) is 15. The first-order chi connectivity index (χ1) is 19.5. The molecule has 1 saturated carbocycles. The molecule has 2 aliphatic heterocycles. The van der Waals surface area contributed by atoms with E-state index in [4.69, 9.17) is 33.3 Å². The summed E-state index contributed by atoms with van der Waals surface area (Å²) >= 11 is 8.25. The number of rotatable bonds is 3. The third-order valence-corrected chi connectivity index (χ3v) is 10.1. The number of nitrogen functional groups attached to an aromatic ring is 1. The summed E-state index contributed by atoms with van der Waals surface area (Å²) in [5.74, 6) is -0.319. The zero-order chi connectivity index (χ0) is 28.9. The number of hydrogen-bond donors (Lipinski definition) is 5. The zero-order valence-corrected chi connectivity index (χ0v) is 24.5. The largest absolute Gasteiger partial charge is 0.474 e. The molecule has 0 unspecified atom stereocenters. The fourth-order valence-corrected chi connectivity index (χ4v) is 8.09. The first kappa shape index (κ1) is 29.0. The van der Waals surface area contributed by atoms with Crippen LogP contribution in [0, 0.1) is 5.92 Å². The van der Waals surface area contributed by atoms with Gasteiger partial charge in [-0.3, -0.25) is 27.9 Å². The number of nitrogens with zero attached hydrogens (tertiary/aromatic N) is 5. The third-order valence-electron chi connectivity index (χ3n) is 6.84. The Bertz CT molecular complexity index is 1580. The maximum atomic E-state index is 13.4. The highest BCUT2D eigenvalue weighted by molar-refractivity contribution is 8.44. The molecule has 4 N–H and O–H groups in total. The van der Waals surface area contributed by atoms with Gasteiger partial charge >= 0.3 is 13.6 Å². The summed E-state index contributed by atoms with van der Waals surface area (Å²) in [5.41, 5.74) is 5.05. The molecular formula is C20H25N7O10P2S2. The monoisotopic (exact) mass is 649 g/mol. The second-order valence-electron chi connectivity index (χ2n) is 9.59. The van der Waals surface area contributed by atoms with Gasteiger partial charge in [0.1, 0.15) is 30.7 Å². The van der Waals surface area contributed by atoms with Crippen LogP contribution in [0.5, 0.6) is 5.88 Å². The van der Waals surface area contributed by atoms with Crippen molar-refractivity contribution >= 4 is 55.2 Å². The van der Waals surface area contributed by atoms with Crippen LogP contribution in [0.3, 0.4) is 0 Å². The Labute approximate surface area is 241 Å². The van der Waals surface area contributed by atoms with Crippen LogP contribution in [-0.4, -0.2) is 78.3 Å². The summed E-state index contributed by atoms with van der Waals surface area (Å²) in [5, 5.41) is 11.1. The van der Waals surface area contributed by atoms with Gasteiger partial charge in [0.15, 0.2) is 17.4 Å². The molecule has 3 aromatic rings. The molecule has 41 heavy (non-hydrogen) atoms. The number of anilines is 1. The van der Waals surface area contributed by atoms with Crippen molar-refractivity contribution in [2.24, 2.45) is 5.92 Å². The lowest BCUT2D eigenvalue weighted by atomic mass is 10.1. The number of H-pyrrole nitrogens is 1. The second-order valence-corrected chi connectivity index (χ2v) is 15.3. The summed E-state index contributed by atoms with van der Waals surface area (Å²) in [7, 11) is 0. The van der Waals surface area contributed by atoms with Crippen LogP contribution in [0.15, 0.2) is 29.7 Å². The van der Waals surface area contributed by atoms with E-state index >= 15 is 0 Å². The minimum Gasteiger partial charge on any atom is -0.474 e. The molecule has 222 valence electrons. The minimum atomic E-state index is -4.16. The van der Waals surface area contributed by atoms with E-state index in [2.05, 4.69) is 49.4 Å². The molecule has 21 heteroatoms. The number of nitrogens with one attached hydrogen (secondary N) is 1. The molecule has 5 heterocycles. The Morgan fingerprint density at radius 2 is 1.90 bits per heavy atom. The SMILES string of the molecule is Nc1nc2c(ncn2[C@@H]2O[C@@H]3CO[P@@](=O)(S)O[C@H]4C[C@H](Oc5ccncn5)C[C@@H]4CO[P@](=O)(S)O[C@@H]2[C@@H]3O)c(=O)[nH]1. The van der Waals surface area contributed by atoms with Crippen molar-refractivity contribution in [3.8, 4) is 5.88 Å². The van der Waals surface area contributed by atoms with Gasteiger partial charge in [-0.1, -0.05) is 24.5 Å². The Balaban J connectivity index is 1.28. The van der Waals surface area contributed by atoms with Crippen molar-refractivity contribution < 1.29 is 41.8 Å². The van der Waals surface area contributed by atoms with E-state index in [0.29, 0.717) is 12.3 Å². The van der Waals surface area contributed by atoms with E-state index in [-0.39, 0.29) is 30.1 Å². The van der Waals surface area contributed by atoms with E-state index in [0.717, 1.165) is 0 Å². The standard InChI is InChI=1S/C20H25N7O10P2S2/c21-20-25-17-14(18(29)26-20)24-8-27(17)19-16-15(28)12(35-19)6-33-38(30,40)36-11-4-10(34-13-1-2-22-7-23-13)3-9(11)5-32-39(31,41)37-16/h1-2,7-12,15-16,19,28H,3-6H2,(H,30,40)(H,31,41)(H3,21,25,26,29)/t9-,10-,11+,12-,15-,16-,19-,38-,39+/m1/s1. The number of nitrogens with two attached hydrogens (primary N) is 1. The van der Waals surface area contributed by atoms with Gasteiger partial charge in [0.25, 0.3) is 5.56 Å².